The van der Waals surface area contributed by atoms with Gasteiger partial charge in [0.2, 0.25) is 0 Å². The molecule has 0 bridgehead atoms. The lowest BCUT2D eigenvalue weighted by molar-refractivity contribution is 0.113. The van der Waals surface area contributed by atoms with E-state index < -0.39 is 0 Å². The van der Waals surface area contributed by atoms with Crippen molar-refractivity contribution in [1.82, 2.24) is 4.90 Å². The van der Waals surface area contributed by atoms with Gasteiger partial charge >= 0.3 is 0 Å². The molecule has 3 heteroatoms. The van der Waals surface area contributed by atoms with E-state index in [0.29, 0.717) is 5.56 Å². The molecule has 0 saturated carbocycles. The predicted molar refractivity (Wildman–Crippen MR) is 77.5 cm³/mol. The van der Waals surface area contributed by atoms with Gasteiger partial charge in [-0.1, -0.05) is 25.0 Å². The molecule has 1 heterocycles. The molecule has 1 aromatic rings. The first-order valence-corrected chi connectivity index (χ1v) is 7.28. The van der Waals surface area contributed by atoms with Crippen LogP contribution in [0.25, 0.3) is 0 Å². The number of rotatable bonds is 3. The third-order valence-corrected chi connectivity index (χ3v) is 4.11. The van der Waals surface area contributed by atoms with E-state index >= 15 is 0 Å². The molecular weight excluding hydrogens is 239 g/mol. The van der Waals surface area contributed by atoms with Crippen LogP contribution >= 0.6 is 0 Å². The van der Waals surface area contributed by atoms with Crippen molar-refractivity contribution >= 4 is 0 Å². The van der Waals surface area contributed by atoms with E-state index in [2.05, 4.69) is 11.8 Å². The summed E-state index contributed by atoms with van der Waals surface area (Å²) in [6.45, 7) is 6.05. The summed E-state index contributed by atoms with van der Waals surface area (Å²) in [5.41, 5.74) is 7.99. The van der Waals surface area contributed by atoms with Gasteiger partial charge in [0.15, 0.2) is 0 Å². The van der Waals surface area contributed by atoms with Crippen molar-refractivity contribution in [2.24, 2.45) is 5.73 Å². The first kappa shape index (κ1) is 14.5. The Morgan fingerprint density at radius 2 is 1.84 bits per heavy atom. The lowest BCUT2D eigenvalue weighted by atomic mass is 9.98. The molecule has 106 valence electrons. The van der Waals surface area contributed by atoms with E-state index in [9.17, 15) is 4.39 Å². The summed E-state index contributed by atoms with van der Waals surface area (Å²) >= 11 is 0. The standard InChI is InChI=1S/C16H25FN2/c1-13-11-14(7-8-15(13)17)12-16(2,18)19-9-5-3-4-6-10-19/h7-8,11H,3-6,9-10,12,18H2,1-2H3. The normalized spacial score (nSPS) is 20.8. The minimum absolute atomic E-state index is 0.141. The summed E-state index contributed by atoms with van der Waals surface area (Å²) in [6.07, 6.45) is 5.85. The minimum Gasteiger partial charge on any atom is -0.313 e. The van der Waals surface area contributed by atoms with Crippen LogP contribution in [0.4, 0.5) is 4.39 Å². The number of halogens is 1. The van der Waals surface area contributed by atoms with Gasteiger partial charge in [-0.05, 0) is 57.0 Å². The molecule has 1 unspecified atom stereocenters. The zero-order valence-electron chi connectivity index (χ0n) is 12.1. The zero-order chi connectivity index (χ0) is 13.9. The van der Waals surface area contributed by atoms with Gasteiger partial charge in [-0.3, -0.25) is 4.90 Å². The van der Waals surface area contributed by atoms with E-state index in [4.69, 9.17) is 5.73 Å². The third-order valence-electron chi connectivity index (χ3n) is 4.11. The summed E-state index contributed by atoms with van der Waals surface area (Å²) in [4.78, 5) is 2.39. The van der Waals surface area contributed by atoms with Gasteiger partial charge in [-0.2, -0.15) is 0 Å². The highest BCUT2D eigenvalue weighted by molar-refractivity contribution is 5.25. The van der Waals surface area contributed by atoms with E-state index in [1.807, 2.05) is 12.1 Å². The van der Waals surface area contributed by atoms with Gasteiger partial charge < -0.3 is 5.73 Å². The van der Waals surface area contributed by atoms with Crippen LogP contribution in [0.1, 0.15) is 43.7 Å². The van der Waals surface area contributed by atoms with Crippen LogP contribution in [0.5, 0.6) is 0 Å². The fourth-order valence-corrected chi connectivity index (χ4v) is 2.92. The molecule has 2 rings (SSSR count). The molecule has 1 aliphatic rings. The maximum absolute atomic E-state index is 13.3. The van der Waals surface area contributed by atoms with E-state index in [-0.39, 0.29) is 11.5 Å². The van der Waals surface area contributed by atoms with Crippen molar-refractivity contribution in [1.29, 1.82) is 0 Å². The van der Waals surface area contributed by atoms with Crippen molar-refractivity contribution in [3.8, 4) is 0 Å². The highest BCUT2D eigenvalue weighted by atomic mass is 19.1. The van der Waals surface area contributed by atoms with Crippen LogP contribution in [-0.4, -0.2) is 23.7 Å². The Labute approximate surface area is 115 Å². The first-order chi connectivity index (χ1) is 8.99. The van der Waals surface area contributed by atoms with Crippen LogP contribution in [0.2, 0.25) is 0 Å². The van der Waals surface area contributed by atoms with E-state index in [0.717, 1.165) is 25.1 Å². The molecule has 1 saturated heterocycles. The third kappa shape index (κ3) is 3.77. The molecule has 2 N–H and O–H groups in total. The molecule has 0 amide bonds. The molecule has 0 aromatic heterocycles. The van der Waals surface area contributed by atoms with Gasteiger partial charge in [0, 0.05) is 6.42 Å². The van der Waals surface area contributed by atoms with Crippen molar-refractivity contribution in [3.05, 3.63) is 35.1 Å². The second-order valence-corrected chi connectivity index (χ2v) is 6.02. The zero-order valence-corrected chi connectivity index (χ0v) is 12.1. The predicted octanol–water partition coefficient (Wildman–Crippen LogP) is 3.23. The monoisotopic (exact) mass is 264 g/mol. The fourth-order valence-electron chi connectivity index (χ4n) is 2.92. The van der Waals surface area contributed by atoms with E-state index in [1.165, 1.54) is 25.7 Å². The van der Waals surface area contributed by atoms with Crippen LogP contribution in [0.15, 0.2) is 18.2 Å². The Bertz CT molecular complexity index is 421. The highest BCUT2D eigenvalue weighted by Crippen LogP contribution is 2.21. The van der Waals surface area contributed by atoms with Gasteiger partial charge in [0.1, 0.15) is 5.82 Å². The molecule has 0 radical (unpaired) electrons. The van der Waals surface area contributed by atoms with Gasteiger partial charge in [-0.15, -0.1) is 0 Å². The smallest absolute Gasteiger partial charge is 0.126 e. The average Bonchev–Trinajstić information content (AvgIpc) is 2.63. The Kier molecular flexibility index (Phi) is 4.58. The second kappa shape index (κ2) is 6.02. The molecule has 19 heavy (non-hydrogen) atoms. The number of aryl methyl sites for hydroxylation is 1. The molecular formula is C16H25FN2. The van der Waals surface area contributed by atoms with Crippen molar-refractivity contribution in [3.63, 3.8) is 0 Å². The van der Waals surface area contributed by atoms with Crippen LogP contribution < -0.4 is 5.73 Å². The highest BCUT2D eigenvalue weighted by Gasteiger charge is 2.28. The quantitative estimate of drug-likeness (QED) is 0.908. The minimum atomic E-state index is -0.339. The van der Waals surface area contributed by atoms with Gasteiger partial charge in [0.25, 0.3) is 0 Å². The van der Waals surface area contributed by atoms with Crippen molar-refractivity contribution in [2.45, 2.75) is 51.6 Å². The topological polar surface area (TPSA) is 29.3 Å². The maximum atomic E-state index is 13.3. The number of benzene rings is 1. The summed E-state index contributed by atoms with van der Waals surface area (Å²) in [6, 6.07) is 5.31. The van der Waals surface area contributed by atoms with Crippen LogP contribution in [0.3, 0.4) is 0 Å². The Hall–Kier alpha value is -0.930. The summed E-state index contributed by atoms with van der Waals surface area (Å²) in [5.74, 6) is -0.141. The van der Waals surface area contributed by atoms with Crippen LogP contribution in [0, 0.1) is 12.7 Å². The largest absolute Gasteiger partial charge is 0.313 e. The van der Waals surface area contributed by atoms with Gasteiger partial charge in [0.05, 0.1) is 5.66 Å². The number of hydrogen-bond acceptors (Lipinski definition) is 2. The second-order valence-electron chi connectivity index (χ2n) is 6.02. The molecule has 0 aliphatic carbocycles. The number of nitrogens with zero attached hydrogens (tertiary/aromatic N) is 1. The molecule has 1 aliphatic heterocycles. The van der Waals surface area contributed by atoms with Crippen molar-refractivity contribution < 1.29 is 4.39 Å². The van der Waals surface area contributed by atoms with E-state index in [1.54, 1.807) is 13.0 Å². The number of hydrogen-bond donors (Lipinski definition) is 1. The Morgan fingerprint density at radius 3 is 2.42 bits per heavy atom. The SMILES string of the molecule is Cc1cc(CC(C)(N)N2CCCCCC2)ccc1F. The maximum Gasteiger partial charge on any atom is 0.126 e. The first-order valence-electron chi connectivity index (χ1n) is 7.28. The summed E-state index contributed by atoms with van der Waals surface area (Å²) in [5, 5.41) is 0. The summed E-state index contributed by atoms with van der Waals surface area (Å²) < 4.78 is 13.3. The molecule has 2 nitrogen and oxygen atoms in total. The Balaban J connectivity index is 2.08. The summed E-state index contributed by atoms with van der Waals surface area (Å²) in [7, 11) is 0. The average molecular weight is 264 g/mol. The molecule has 0 spiro atoms. The van der Waals surface area contributed by atoms with Gasteiger partial charge in [-0.25, -0.2) is 4.39 Å². The molecule has 1 aromatic carbocycles. The number of likely N-dealkylation sites (tertiary alicyclic amines) is 1. The molecule has 1 atom stereocenters. The molecule has 1 fully saturated rings. The fraction of sp³-hybridized carbons (Fsp3) is 0.625. The van der Waals surface area contributed by atoms with Crippen LogP contribution in [-0.2, 0) is 6.42 Å². The lowest BCUT2D eigenvalue weighted by Gasteiger charge is -2.38. The Morgan fingerprint density at radius 1 is 1.21 bits per heavy atom. The van der Waals surface area contributed by atoms with Crippen molar-refractivity contribution in [2.75, 3.05) is 13.1 Å². The lowest BCUT2D eigenvalue weighted by Crippen LogP contribution is -2.55. The number of nitrogens with two attached hydrogens (primary N) is 1.